The van der Waals surface area contributed by atoms with Crippen LogP contribution in [-0.2, 0) is 33.6 Å². The summed E-state index contributed by atoms with van der Waals surface area (Å²) in [5.41, 5.74) is 0. The highest BCUT2D eigenvalue weighted by atomic mass is 16.4. The van der Waals surface area contributed by atoms with Crippen LogP contribution in [0.3, 0.4) is 0 Å². The molecule has 174 valence electrons. The number of hydrogen-bond acceptors (Lipinski definition) is 7. The lowest BCUT2D eigenvalue weighted by Crippen LogP contribution is -2.58. The van der Waals surface area contributed by atoms with Gasteiger partial charge in [-0.2, -0.15) is 0 Å². The Balaban J connectivity index is 5.55. The number of nitrogens with one attached hydrogen (secondary N) is 4. The fraction of sp³-hybridized carbons (Fsp3) is 0.588. The molecule has 0 heterocycles. The molecule has 31 heavy (non-hydrogen) atoms. The third-order valence-corrected chi connectivity index (χ3v) is 3.53. The normalized spacial score (nSPS) is 13.3. The predicted molar refractivity (Wildman–Crippen MR) is 102 cm³/mol. The Kier molecular flexibility index (Phi) is 11.2. The molecule has 0 fully saturated rings. The van der Waals surface area contributed by atoms with E-state index in [-0.39, 0.29) is 6.04 Å². The first-order chi connectivity index (χ1) is 14.2. The molecule has 0 spiro atoms. The van der Waals surface area contributed by atoms with Gasteiger partial charge in [-0.3, -0.25) is 33.6 Å². The van der Waals surface area contributed by atoms with Gasteiger partial charge in [-0.1, -0.05) is 0 Å². The van der Waals surface area contributed by atoms with Crippen LogP contribution in [0.2, 0.25) is 0 Å². The first-order valence-corrected chi connectivity index (χ1v) is 9.06. The topological polar surface area (TPSA) is 228 Å². The van der Waals surface area contributed by atoms with E-state index < -0.39 is 78.9 Å². The molecular formula is C17H26N4O10. The van der Waals surface area contributed by atoms with Gasteiger partial charge in [-0.15, -0.1) is 0 Å². The number of carbonyl (C=O) groups excluding carboxylic acids is 4. The lowest BCUT2D eigenvalue weighted by molar-refractivity contribution is -0.144. The van der Waals surface area contributed by atoms with Crippen molar-refractivity contribution in [2.75, 3.05) is 0 Å². The zero-order chi connectivity index (χ0) is 24.3. The van der Waals surface area contributed by atoms with Crippen molar-refractivity contribution < 1.29 is 48.9 Å². The molecule has 0 aromatic carbocycles. The van der Waals surface area contributed by atoms with Crippen LogP contribution >= 0.6 is 0 Å². The fourth-order valence-electron chi connectivity index (χ4n) is 2.33. The molecule has 14 heteroatoms. The molecule has 0 saturated carbocycles. The van der Waals surface area contributed by atoms with E-state index in [9.17, 15) is 33.6 Å². The van der Waals surface area contributed by atoms with Crippen molar-refractivity contribution in [2.24, 2.45) is 0 Å². The Hall–Kier alpha value is -3.71. The predicted octanol–water partition coefficient (Wildman–Crippen LogP) is -2.59. The fourth-order valence-corrected chi connectivity index (χ4v) is 2.33. The van der Waals surface area contributed by atoms with Gasteiger partial charge in [-0.05, 0) is 13.8 Å². The molecule has 4 amide bonds. The number of carboxylic acids is 3. The maximum atomic E-state index is 12.5. The van der Waals surface area contributed by atoms with Crippen molar-refractivity contribution in [3.63, 3.8) is 0 Å². The van der Waals surface area contributed by atoms with E-state index in [0.717, 1.165) is 6.92 Å². The summed E-state index contributed by atoms with van der Waals surface area (Å²) in [4.78, 5) is 81.1. The summed E-state index contributed by atoms with van der Waals surface area (Å²) in [6, 6.07) is -5.33. The van der Waals surface area contributed by atoms with E-state index in [4.69, 9.17) is 15.3 Å². The summed E-state index contributed by atoms with van der Waals surface area (Å²) >= 11 is 0. The lowest BCUT2D eigenvalue weighted by atomic mass is 10.1. The summed E-state index contributed by atoms with van der Waals surface area (Å²) in [6.07, 6.45) is -2.61. The van der Waals surface area contributed by atoms with Crippen molar-refractivity contribution in [3.05, 3.63) is 0 Å². The van der Waals surface area contributed by atoms with Gasteiger partial charge in [0.2, 0.25) is 23.6 Å². The van der Waals surface area contributed by atoms with Gasteiger partial charge < -0.3 is 36.6 Å². The first-order valence-electron chi connectivity index (χ1n) is 9.06. The highest BCUT2D eigenvalue weighted by Crippen LogP contribution is 2.02. The summed E-state index contributed by atoms with van der Waals surface area (Å²) in [6.45, 7) is 4.21. The minimum atomic E-state index is -1.78. The number of carboxylic acid groups (broad SMARTS) is 3. The second kappa shape index (κ2) is 12.8. The number of amides is 4. The molecule has 0 aromatic heterocycles. The van der Waals surface area contributed by atoms with Crippen molar-refractivity contribution in [2.45, 2.75) is 64.2 Å². The van der Waals surface area contributed by atoms with Crippen LogP contribution in [0.25, 0.3) is 0 Å². The van der Waals surface area contributed by atoms with Crippen molar-refractivity contribution >= 4 is 41.5 Å². The van der Waals surface area contributed by atoms with E-state index in [1.165, 1.54) is 0 Å². The molecule has 0 unspecified atom stereocenters. The second-order valence-electron chi connectivity index (χ2n) is 6.83. The minimum absolute atomic E-state index is 0.385. The standard InChI is InChI=1S/C17H26N4O10/c1-7(2)18-15(29)10(5-13(25)26)20-17(31)11(6-14(27)28)21-16(30)9(4-12(23)24)19-8(3)22/h7,9-11H,4-6H2,1-3H3,(H,18,29)(H,19,22)(H,20,31)(H,21,30)(H,23,24)(H,25,26)(H,27,28)/t9-,10-,11-/m0/s1. The number of hydrogen-bond donors (Lipinski definition) is 7. The third kappa shape index (κ3) is 11.8. The Morgan fingerprint density at radius 3 is 1.13 bits per heavy atom. The molecule has 7 N–H and O–H groups in total. The average molecular weight is 446 g/mol. The molecule has 3 atom stereocenters. The minimum Gasteiger partial charge on any atom is -0.481 e. The molecule has 0 aliphatic rings. The van der Waals surface area contributed by atoms with Crippen LogP contribution in [0.4, 0.5) is 0 Å². The molecule has 0 radical (unpaired) electrons. The highest BCUT2D eigenvalue weighted by Gasteiger charge is 2.32. The molecule has 0 rings (SSSR count). The highest BCUT2D eigenvalue weighted by molar-refractivity contribution is 5.97. The van der Waals surface area contributed by atoms with Gasteiger partial charge >= 0.3 is 17.9 Å². The number of aliphatic carboxylic acids is 3. The maximum absolute atomic E-state index is 12.5. The Morgan fingerprint density at radius 2 is 0.871 bits per heavy atom. The maximum Gasteiger partial charge on any atom is 0.305 e. The van der Waals surface area contributed by atoms with Crippen LogP contribution in [0.1, 0.15) is 40.0 Å². The molecule has 14 nitrogen and oxygen atoms in total. The van der Waals surface area contributed by atoms with E-state index >= 15 is 0 Å². The van der Waals surface area contributed by atoms with Gasteiger partial charge in [0.15, 0.2) is 0 Å². The molecule has 0 aromatic rings. The first kappa shape index (κ1) is 27.3. The van der Waals surface area contributed by atoms with Crippen molar-refractivity contribution in [1.82, 2.24) is 21.3 Å². The quantitative estimate of drug-likeness (QED) is 0.156. The molecular weight excluding hydrogens is 420 g/mol. The van der Waals surface area contributed by atoms with Gasteiger partial charge in [-0.25, -0.2) is 0 Å². The Morgan fingerprint density at radius 1 is 0.581 bits per heavy atom. The zero-order valence-corrected chi connectivity index (χ0v) is 17.1. The van der Waals surface area contributed by atoms with Gasteiger partial charge in [0, 0.05) is 13.0 Å². The molecule has 0 aliphatic carbocycles. The largest absolute Gasteiger partial charge is 0.481 e. The zero-order valence-electron chi connectivity index (χ0n) is 17.1. The van der Waals surface area contributed by atoms with Crippen molar-refractivity contribution in [3.8, 4) is 0 Å². The van der Waals surface area contributed by atoms with Crippen molar-refractivity contribution in [1.29, 1.82) is 0 Å². The Bertz CT molecular complexity index is 720. The third-order valence-electron chi connectivity index (χ3n) is 3.53. The lowest BCUT2D eigenvalue weighted by Gasteiger charge is -2.24. The second-order valence-corrected chi connectivity index (χ2v) is 6.83. The number of rotatable bonds is 13. The van der Waals surface area contributed by atoms with E-state index in [0.29, 0.717) is 0 Å². The van der Waals surface area contributed by atoms with Gasteiger partial charge in [0.25, 0.3) is 0 Å². The summed E-state index contributed by atoms with van der Waals surface area (Å²) < 4.78 is 0. The average Bonchev–Trinajstić information content (AvgIpc) is 2.57. The van der Waals surface area contributed by atoms with Crippen LogP contribution in [0.15, 0.2) is 0 Å². The monoisotopic (exact) mass is 446 g/mol. The van der Waals surface area contributed by atoms with Gasteiger partial charge in [0.05, 0.1) is 19.3 Å². The van der Waals surface area contributed by atoms with Crippen LogP contribution in [-0.4, -0.2) is 81.0 Å². The Labute approximate surface area is 176 Å². The van der Waals surface area contributed by atoms with E-state index in [1.54, 1.807) is 13.8 Å². The van der Waals surface area contributed by atoms with E-state index in [2.05, 4.69) is 16.0 Å². The molecule has 0 aliphatic heterocycles. The van der Waals surface area contributed by atoms with Crippen LogP contribution < -0.4 is 21.3 Å². The smallest absolute Gasteiger partial charge is 0.305 e. The van der Waals surface area contributed by atoms with Gasteiger partial charge in [0.1, 0.15) is 18.1 Å². The molecule has 0 bridgehead atoms. The van der Waals surface area contributed by atoms with Crippen LogP contribution in [0.5, 0.6) is 0 Å². The van der Waals surface area contributed by atoms with E-state index in [1.807, 2.05) is 5.32 Å². The molecule has 0 saturated heterocycles. The number of carbonyl (C=O) groups is 7. The SMILES string of the molecule is CC(=O)N[C@@H](CC(=O)O)C(=O)N[C@@H](CC(=O)O)C(=O)N[C@@H](CC(=O)O)C(=O)NC(C)C. The summed E-state index contributed by atoms with van der Waals surface area (Å²) in [5.74, 6) is -8.30. The summed E-state index contributed by atoms with van der Waals surface area (Å²) in [5, 5.41) is 35.4. The summed E-state index contributed by atoms with van der Waals surface area (Å²) in [7, 11) is 0. The van der Waals surface area contributed by atoms with Crippen LogP contribution in [0, 0.1) is 0 Å².